The summed E-state index contributed by atoms with van der Waals surface area (Å²) in [6, 6.07) is 0. The molecule has 0 amide bonds. The van der Waals surface area contributed by atoms with Crippen LogP contribution in [0.5, 0.6) is 0 Å². The number of hydrogen-bond donors (Lipinski definition) is 1. The minimum absolute atomic E-state index is 0. The Kier molecular flexibility index (Phi) is 37.1. The Bertz CT molecular complexity index is 247. The molecule has 0 radical (unpaired) electrons. The second-order valence-corrected chi connectivity index (χ2v) is 7.65. The topological polar surface area (TPSA) is 37.3 Å². The van der Waals surface area contributed by atoms with E-state index in [1.54, 1.807) is 0 Å². The third kappa shape index (κ3) is 37.8. The van der Waals surface area contributed by atoms with Gasteiger partial charge in [-0.3, -0.25) is 4.79 Å². The van der Waals surface area contributed by atoms with Crippen LogP contribution in [-0.2, 0) is 4.79 Å². The van der Waals surface area contributed by atoms with Gasteiger partial charge >= 0.3 is 35.5 Å². The van der Waals surface area contributed by atoms with E-state index >= 15 is 0 Å². The van der Waals surface area contributed by atoms with E-state index in [0.29, 0.717) is 6.42 Å². The molecule has 27 heavy (non-hydrogen) atoms. The molecular weight excluding hydrogens is 343 g/mol. The normalized spacial score (nSPS) is 10.0. The van der Waals surface area contributed by atoms with E-state index in [4.69, 9.17) is 5.11 Å². The second kappa shape index (κ2) is 31.2. The summed E-state index contributed by atoms with van der Waals surface area (Å²) in [6.07, 6.45) is 25.4. The van der Waals surface area contributed by atoms with Gasteiger partial charge in [0.2, 0.25) is 0 Å². The molecule has 2 nitrogen and oxygen atoms in total. The van der Waals surface area contributed by atoms with Gasteiger partial charge in [-0.05, 0) is 6.42 Å². The number of rotatable bonds is 19. The van der Waals surface area contributed by atoms with E-state index in [1.807, 2.05) is 0 Å². The van der Waals surface area contributed by atoms with Crippen molar-refractivity contribution in [1.82, 2.24) is 0 Å². The van der Waals surface area contributed by atoms with E-state index in [1.165, 1.54) is 103 Å². The zero-order chi connectivity index (χ0) is 19.7. The number of aliphatic carboxylic acids is 1. The molecule has 3 heteroatoms. The minimum atomic E-state index is -0.659. The van der Waals surface area contributed by atoms with Crippen molar-refractivity contribution in [2.24, 2.45) is 0 Å². The first-order valence-electron chi connectivity index (χ1n) is 11.7. The molecule has 0 aromatic heterocycles. The Morgan fingerprint density at radius 3 is 1.19 bits per heavy atom. The first-order valence-corrected chi connectivity index (χ1v) is 11.7. The van der Waals surface area contributed by atoms with Gasteiger partial charge in [-0.2, -0.15) is 6.42 Å². The van der Waals surface area contributed by atoms with Gasteiger partial charge in [0.05, 0.1) is 0 Å². The van der Waals surface area contributed by atoms with Crippen LogP contribution in [0, 0.1) is 6.92 Å². The molecular formula is C24H49NaO2. The maximum absolute atomic E-state index is 10.2. The van der Waals surface area contributed by atoms with Crippen LogP contribution in [-0.4, -0.2) is 11.1 Å². The predicted octanol–water partition coefficient (Wildman–Crippen LogP) is 5.74. The zero-order valence-corrected chi connectivity index (χ0v) is 21.2. The molecule has 0 aromatic carbocycles. The molecule has 0 spiro atoms. The molecule has 0 fully saturated rings. The molecule has 0 aliphatic rings. The zero-order valence-electron chi connectivity index (χ0n) is 19.2. The van der Waals surface area contributed by atoms with Crippen LogP contribution in [0.2, 0.25) is 0 Å². The predicted molar refractivity (Wildman–Crippen MR) is 117 cm³/mol. The van der Waals surface area contributed by atoms with Crippen molar-refractivity contribution in [1.29, 1.82) is 0 Å². The van der Waals surface area contributed by atoms with Crippen LogP contribution in [0.25, 0.3) is 0 Å². The van der Waals surface area contributed by atoms with Gasteiger partial charge in [0.15, 0.2) is 0 Å². The number of carboxylic acid groups (broad SMARTS) is 1. The third-order valence-electron chi connectivity index (χ3n) is 4.85. The quantitative estimate of drug-likeness (QED) is 0.173. The van der Waals surface area contributed by atoms with Crippen LogP contribution in [0.1, 0.15) is 142 Å². The summed E-state index contributed by atoms with van der Waals surface area (Å²) >= 11 is 0. The Balaban J connectivity index is -0.000000416. The average Bonchev–Trinajstić information content (AvgIpc) is 2.63. The molecule has 0 aliphatic carbocycles. The monoisotopic (exact) mass is 392 g/mol. The Morgan fingerprint density at radius 2 is 0.889 bits per heavy atom. The van der Waals surface area contributed by atoms with E-state index in [2.05, 4.69) is 20.8 Å². The first kappa shape index (κ1) is 32.1. The Morgan fingerprint density at radius 1 is 0.593 bits per heavy atom. The van der Waals surface area contributed by atoms with Gasteiger partial charge in [-0.15, -0.1) is 0 Å². The molecule has 0 aliphatic heterocycles. The van der Waals surface area contributed by atoms with Gasteiger partial charge in [0.1, 0.15) is 0 Å². The van der Waals surface area contributed by atoms with E-state index in [-0.39, 0.29) is 29.6 Å². The Labute approximate surface area is 194 Å². The standard InChI is InChI=1S/C12H24O2.C12H25.Na/c1-2-3-4-5-6-7-8-9-10-11-12(13)14;1-3-5-7-9-11-12-10-8-6-4-2;/h2-11H2,1H3,(H,13,14);1,3-12H2,2H3;/q;-1;+1. The molecule has 0 saturated carbocycles. The van der Waals surface area contributed by atoms with E-state index < -0.39 is 5.97 Å². The molecule has 0 saturated heterocycles. The van der Waals surface area contributed by atoms with Crippen molar-refractivity contribution in [2.75, 3.05) is 0 Å². The van der Waals surface area contributed by atoms with Crippen LogP contribution >= 0.6 is 0 Å². The van der Waals surface area contributed by atoms with Crippen LogP contribution in [0.4, 0.5) is 0 Å². The summed E-state index contributed by atoms with van der Waals surface area (Å²) in [5.41, 5.74) is 0. The molecule has 1 N–H and O–H groups in total. The SMILES string of the molecule is CCCCCCCCCCCC(=O)O.[CH2-]CCCCCCCCCCC.[Na+]. The summed E-state index contributed by atoms with van der Waals surface area (Å²) in [5, 5.41) is 8.41. The molecule has 0 aromatic rings. The smallest absolute Gasteiger partial charge is 0.481 e. The number of unbranched alkanes of at least 4 members (excludes halogenated alkanes) is 17. The fraction of sp³-hybridized carbons (Fsp3) is 0.917. The van der Waals surface area contributed by atoms with Gasteiger partial charge < -0.3 is 12.0 Å². The fourth-order valence-electron chi connectivity index (χ4n) is 3.07. The van der Waals surface area contributed by atoms with Crippen molar-refractivity contribution < 1.29 is 39.5 Å². The van der Waals surface area contributed by atoms with Crippen molar-refractivity contribution in [3.63, 3.8) is 0 Å². The van der Waals surface area contributed by atoms with Crippen molar-refractivity contribution in [2.45, 2.75) is 142 Å². The largest absolute Gasteiger partial charge is 1.00 e. The molecule has 0 heterocycles. The van der Waals surface area contributed by atoms with Crippen LogP contribution in [0.15, 0.2) is 0 Å². The number of hydrogen-bond acceptors (Lipinski definition) is 1. The van der Waals surface area contributed by atoms with Gasteiger partial charge in [-0.25, -0.2) is 0 Å². The maximum Gasteiger partial charge on any atom is 1.00 e. The van der Waals surface area contributed by atoms with Crippen LogP contribution < -0.4 is 29.6 Å². The number of carboxylic acids is 1. The first-order chi connectivity index (χ1) is 12.7. The fourth-order valence-corrected chi connectivity index (χ4v) is 3.07. The number of carbonyl (C=O) groups is 1. The van der Waals surface area contributed by atoms with Crippen LogP contribution in [0.3, 0.4) is 0 Å². The molecule has 0 atom stereocenters. The summed E-state index contributed by atoms with van der Waals surface area (Å²) < 4.78 is 0. The minimum Gasteiger partial charge on any atom is -0.481 e. The second-order valence-electron chi connectivity index (χ2n) is 7.65. The molecule has 0 unspecified atom stereocenters. The van der Waals surface area contributed by atoms with E-state index in [9.17, 15) is 4.79 Å². The van der Waals surface area contributed by atoms with Gasteiger partial charge in [0.25, 0.3) is 0 Å². The summed E-state index contributed by atoms with van der Waals surface area (Å²) in [4.78, 5) is 10.2. The van der Waals surface area contributed by atoms with Gasteiger partial charge in [-0.1, -0.05) is 123 Å². The molecule has 0 rings (SSSR count). The summed E-state index contributed by atoms with van der Waals surface area (Å²) in [6.45, 7) is 8.34. The van der Waals surface area contributed by atoms with Gasteiger partial charge in [0, 0.05) is 6.42 Å². The summed E-state index contributed by atoms with van der Waals surface area (Å²) in [7, 11) is 0. The Hall–Kier alpha value is 0.470. The molecule has 158 valence electrons. The average molecular weight is 393 g/mol. The third-order valence-corrected chi connectivity index (χ3v) is 4.85. The maximum atomic E-state index is 10.2. The van der Waals surface area contributed by atoms with Crippen molar-refractivity contribution in [3.05, 3.63) is 6.92 Å². The van der Waals surface area contributed by atoms with Crippen molar-refractivity contribution in [3.8, 4) is 0 Å². The van der Waals surface area contributed by atoms with E-state index in [0.717, 1.165) is 19.3 Å². The van der Waals surface area contributed by atoms with Crippen molar-refractivity contribution >= 4 is 5.97 Å². The summed E-state index contributed by atoms with van der Waals surface area (Å²) in [5.74, 6) is -0.659. The molecule has 0 bridgehead atoms.